The van der Waals surface area contributed by atoms with Gasteiger partial charge in [0.05, 0.1) is 19.6 Å². The highest BCUT2D eigenvalue weighted by molar-refractivity contribution is 5.78. The van der Waals surface area contributed by atoms with E-state index in [1.807, 2.05) is 17.0 Å². The molecule has 132 valence electrons. The summed E-state index contributed by atoms with van der Waals surface area (Å²) in [5.74, 6) is 1.10. The zero-order valence-electron chi connectivity index (χ0n) is 14.5. The molecule has 0 aromatic heterocycles. The molecule has 3 rings (SSSR count). The van der Waals surface area contributed by atoms with Crippen molar-refractivity contribution in [2.24, 2.45) is 5.92 Å². The Morgan fingerprint density at radius 2 is 1.79 bits per heavy atom. The summed E-state index contributed by atoms with van der Waals surface area (Å²) in [5, 5.41) is 9.32. The number of hydrogen-bond donors (Lipinski definition) is 1. The van der Waals surface area contributed by atoms with Crippen LogP contribution in [0, 0.1) is 5.92 Å². The number of ether oxygens (including phenoxy) is 1. The van der Waals surface area contributed by atoms with Crippen molar-refractivity contribution in [1.82, 2.24) is 9.80 Å². The third-order valence-electron chi connectivity index (χ3n) is 5.49. The van der Waals surface area contributed by atoms with Crippen LogP contribution in [0.25, 0.3) is 0 Å². The number of amides is 1. The molecule has 0 aliphatic carbocycles. The predicted octanol–water partition coefficient (Wildman–Crippen LogP) is 1.89. The van der Waals surface area contributed by atoms with Crippen molar-refractivity contribution >= 4 is 5.91 Å². The Morgan fingerprint density at radius 3 is 2.42 bits per heavy atom. The minimum Gasteiger partial charge on any atom is -0.508 e. The van der Waals surface area contributed by atoms with Crippen LogP contribution in [0.4, 0.5) is 0 Å². The van der Waals surface area contributed by atoms with Crippen LogP contribution in [0.2, 0.25) is 0 Å². The lowest BCUT2D eigenvalue weighted by Gasteiger charge is -2.41. The fraction of sp³-hybridized carbons (Fsp3) is 0.632. The number of aromatic hydroxyl groups is 1. The van der Waals surface area contributed by atoms with E-state index in [9.17, 15) is 9.90 Å². The zero-order chi connectivity index (χ0) is 16.9. The molecular formula is C19H28N2O3. The van der Waals surface area contributed by atoms with Gasteiger partial charge in [-0.15, -0.1) is 0 Å². The first-order valence-electron chi connectivity index (χ1n) is 9.01. The van der Waals surface area contributed by atoms with Crippen LogP contribution in [0.15, 0.2) is 24.3 Å². The quantitative estimate of drug-likeness (QED) is 0.915. The molecule has 1 atom stereocenters. The molecule has 2 saturated heterocycles. The van der Waals surface area contributed by atoms with Gasteiger partial charge < -0.3 is 14.7 Å². The SMILES string of the molecule is C[C@@H](C1CCN(C(=O)Cc2ccc(O)cc2)CC1)N1CCOCC1. The molecule has 24 heavy (non-hydrogen) atoms. The van der Waals surface area contributed by atoms with E-state index in [2.05, 4.69) is 11.8 Å². The maximum absolute atomic E-state index is 12.5. The third kappa shape index (κ3) is 4.28. The zero-order valence-corrected chi connectivity index (χ0v) is 14.5. The topological polar surface area (TPSA) is 53.0 Å². The molecule has 1 aromatic carbocycles. The Morgan fingerprint density at radius 1 is 1.17 bits per heavy atom. The molecular weight excluding hydrogens is 304 g/mol. The van der Waals surface area contributed by atoms with E-state index in [-0.39, 0.29) is 11.7 Å². The number of likely N-dealkylation sites (tertiary alicyclic amines) is 1. The predicted molar refractivity (Wildman–Crippen MR) is 93.0 cm³/mol. The average molecular weight is 332 g/mol. The van der Waals surface area contributed by atoms with Gasteiger partial charge in [0.15, 0.2) is 0 Å². The Bertz CT molecular complexity index is 532. The van der Waals surface area contributed by atoms with E-state index in [0.29, 0.717) is 18.4 Å². The lowest BCUT2D eigenvalue weighted by atomic mass is 9.89. The van der Waals surface area contributed by atoms with Crippen molar-refractivity contribution in [1.29, 1.82) is 0 Å². The highest BCUT2D eigenvalue weighted by Crippen LogP contribution is 2.25. The molecule has 1 N–H and O–H groups in total. The van der Waals surface area contributed by atoms with Gasteiger partial charge >= 0.3 is 0 Å². The van der Waals surface area contributed by atoms with Crippen molar-refractivity contribution in [3.8, 4) is 5.75 Å². The second-order valence-electron chi connectivity index (χ2n) is 6.95. The van der Waals surface area contributed by atoms with Gasteiger partial charge in [0.25, 0.3) is 0 Å². The first-order valence-corrected chi connectivity index (χ1v) is 9.01. The molecule has 2 heterocycles. The number of benzene rings is 1. The second kappa shape index (κ2) is 7.99. The summed E-state index contributed by atoms with van der Waals surface area (Å²) >= 11 is 0. The minimum absolute atomic E-state index is 0.193. The summed E-state index contributed by atoms with van der Waals surface area (Å²) in [4.78, 5) is 17.0. The molecule has 0 bridgehead atoms. The van der Waals surface area contributed by atoms with Crippen molar-refractivity contribution in [3.63, 3.8) is 0 Å². The lowest BCUT2D eigenvalue weighted by molar-refractivity contribution is -0.132. The Kier molecular flexibility index (Phi) is 5.74. The van der Waals surface area contributed by atoms with Gasteiger partial charge in [-0.3, -0.25) is 9.69 Å². The Balaban J connectivity index is 1.47. The van der Waals surface area contributed by atoms with Gasteiger partial charge in [0.1, 0.15) is 5.75 Å². The van der Waals surface area contributed by atoms with Crippen LogP contribution in [0.5, 0.6) is 5.75 Å². The van der Waals surface area contributed by atoms with Crippen molar-refractivity contribution < 1.29 is 14.6 Å². The summed E-state index contributed by atoms with van der Waals surface area (Å²) in [6.45, 7) is 7.78. The summed E-state index contributed by atoms with van der Waals surface area (Å²) < 4.78 is 5.44. The molecule has 0 saturated carbocycles. The number of carbonyl (C=O) groups excluding carboxylic acids is 1. The molecule has 5 heteroatoms. The average Bonchev–Trinajstić information content (AvgIpc) is 2.64. The highest BCUT2D eigenvalue weighted by Gasteiger charge is 2.29. The van der Waals surface area contributed by atoms with E-state index in [1.165, 1.54) is 0 Å². The van der Waals surface area contributed by atoms with E-state index >= 15 is 0 Å². The van der Waals surface area contributed by atoms with Gasteiger partial charge in [-0.25, -0.2) is 0 Å². The fourth-order valence-corrected chi connectivity index (χ4v) is 3.81. The molecule has 0 radical (unpaired) electrons. The molecule has 2 aliphatic rings. The number of rotatable bonds is 4. The van der Waals surface area contributed by atoms with Crippen LogP contribution >= 0.6 is 0 Å². The van der Waals surface area contributed by atoms with Crippen LogP contribution < -0.4 is 0 Å². The highest BCUT2D eigenvalue weighted by atomic mass is 16.5. The number of nitrogens with zero attached hydrogens (tertiary/aromatic N) is 2. The van der Waals surface area contributed by atoms with Gasteiger partial charge in [0, 0.05) is 32.2 Å². The van der Waals surface area contributed by atoms with E-state index in [1.54, 1.807) is 12.1 Å². The molecule has 0 spiro atoms. The van der Waals surface area contributed by atoms with Crippen LogP contribution in [0.1, 0.15) is 25.3 Å². The third-order valence-corrected chi connectivity index (χ3v) is 5.49. The number of carbonyl (C=O) groups is 1. The maximum Gasteiger partial charge on any atom is 0.226 e. The molecule has 1 amide bonds. The summed E-state index contributed by atoms with van der Waals surface area (Å²) in [5.41, 5.74) is 0.960. The number of phenols is 1. The first-order chi connectivity index (χ1) is 11.6. The number of piperidine rings is 1. The summed E-state index contributed by atoms with van der Waals surface area (Å²) in [6.07, 6.45) is 2.59. The monoisotopic (exact) mass is 332 g/mol. The second-order valence-corrected chi connectivity index (χ2v) is 6.95. The number of phenolic OH excluding ortho intramolecular Hbond substituents is 1. The Labute approximate surface area is 144 Å². The molecule has 1 aromatic rings. The number of morpholine rings is 1. The Hall–Kier alpha value is -1.59. The van der Waals surface area contributed by atoms with Gasteiger partial charge in [0.2, 0.25) is 5.91 Å². The van der Waals surface area contributed by atoms with Crippen LogP contribution in [0.3, 0.4) is 0 Å². The first kappa shape index (κ1) is 17.2. The van der Waals surface area contributed by atoms with Crippen LogP contribution in [-0.4, -0.2) is 66.2 Å². The normalized spacial score (nSPS) is 21.6. The standard InChI is InChI=1S/C19H28N2O3/c1-15(20-10-12-24-13-11-20)17-6-8-21(9-7-17)19(23)14-16-2-4-18(22)5-3-16/h2-5,15,17,22H,6-14H2,1H3/t15-/m0/s1. The van der Waals surface area contributed by atoms with Crippen molar-refractivity contribution in [2.45, 2.75) is 32.2 Å². The molecule has 0 unspecified atom stereocenters. The van der Waals surface area contributed by atoms with E-state index < -0.39 is 0 Å². The smallest absolute Gasteiger partial charge is 0.226 e. The van der Waals surface area contributed by atoms with E-state index in [0.717, 1.165) is 57.8 Å². The van der Waals surface area contributed by atoms with Gasteiger partial charge in [-0.05, 0) is 43.4 Å². The maximum atomic E-state index is 12.5. The van der Waals surface area contributed by atoms with Crippen LogP contribution in [-0.2, 0) is 16.0 Å². The van der Waals surface area contributed by atoms with E-state index in [4.69, 9.17) is 4.74 Å². The largest absolute Gasteiger partial charge is 0.508 e. The molecule has 2 fully saturated rings. The lowest BCUT2D eigenvalue weighted by Crippen LogP contribution is -2.49. The molecule has 2 aliphatic heterocycles. The summed E-state index contributed by atoms with van der Waals surface area (Å²) in [7, 11) is 0. The molecule has 5 nitrogen and oxygen atoms in total. The summed E-state index contributed by atoms with van der Waals surface area (Å²) in [6, 6.07) is 7.49. The fourth-order valence-electron chi connectivity index (χ4n) is 3.81. The number of hydrogen-bond acceptors (Lipinski definition) is 4. The van der Waals surface area contributed by atoms with Crippen molar-refractivity contribution in [2.75, 3.05) is 39.4 Å². The van der Waals surface area contributed by atoms with Gasteiger partial charge in [-0.2, -0.15) is 0 Å². The minimum atomic E-state index is 0.193. The van der Waals surface area contributed by atoms with Gasteiger partial charge in [-0.1, -0.05) is 12.1 Å². The van der Waals surface area contributed by atoms with Crippen molar-refractivity contribution in [3.05, 3.63) is 29.8 Å².